The van der Waals surface area contributed by atoms with Gasteiger partial charge in [0.05, 0.1) is 92.5 Å². The van der Waals surface area contributed by atoms with E-state index in [1.165, 1.54) is 0 Å². The summed E-state index contributed by atoms with van der Waals surface area (Å²) in [6.45, 7) is 8.45. The van der Waals surface area contributed by atoms with E-state index in [0.29, 0.717) is 106 Å². The minimum atomic E-state index is 0.492. The molecule has 0 saturated carbocycles. The van der Waals surface area contributed by atoms with E-state index >= 15 is 0 Å². The Hall–Kier alpha value is -0.620. The topological polar surface area (TPSA) is 83.1 Å². The van der Waals surface area contributed by atoms with Gasteiger partial charge in [-0.3, -0.25) is 0 Å². The van der Waals surface area contributed by atoms with Crippen LogP contribution in [0.3, 0.4) is 0 Å². The highest BCUT2D eigenvalue weighted by atomic mass is 16.6. The molecule has 0 fully saturated rings. The van der Waals surface area contributed by atoms with Crippen LogP contribution >= 0.6 is 0 Å². The van der Waals surface area contributed by atoms with Gasteiger partial charge in [-0.2, -0.15) is 9.47 Å². The molecule has 9 nitrogen and oxygen atoms in total. The third-order valence-electron chi connectivity index (χ3n) is 2.98. The third-order valence-corrected chi connectivity index (χ3v) is 2.98. The highest BCUT2D eigenvalue weighted by Gasteiger charge is 1.95. The van der Waals surface area contributed by atoms with Gasteiger partial charge in [0, 0.05) is 0 Å². The van der Waals surface area contributed by atoms with Gasteiger partial charge in [-0.25, -0.2) is 0 Å². The lowest BCUT2D eigenvalue weighted by Gasteiger charge is -2.08. The summed E-state index contributed by atoms with van der Waals surface area (Å²) in [5, 5.41) is 0. The summed E-state index contributed by atoms with van der Waals surface area (Å²) in [5.74, 6) is 0. The quantitative estimate of drug-likeness (QED) is 0.173. The molecule has 0 aromatic heterocycles. The van der Waals surface area contributed by atoms with E-state index in [4.69, 9.17) is 33.2 Å². The van der Waals surface area contributed by atoms with Gasteiger partial charge in [-0.1, -0.05) is 0 Å². The molecule has 0 spiro atoms. The molecule has 27 heavy (non-hydrogen) atoms. The molecule has 9 heteroatoms. The molecule has 160 valence electrons. The molecule has 0 aliphatic rings. The van der Waals surface area contributed by atoms with E-state index in [1.54, 1.807) is 0 Å². The van der Waals surface area contributed by atoms with Gasteiger partial charge in [0.2, 0.25) is 14.2 Å². The van der Waals surface area contributed by atoms with Crippen LogP contribution < -0.4 is 0 Å². The van der Waals surface area contributed by atoms with Crippen LogP contribution in [0.5, 0.6) is 0 Å². The molecular formula is C18H36O9+2. The zero-order chi connectivity index (χ0) is 19.7. The van der Waals surface area contributed by atoms with Crippen LogP contribution in [0, 0.1) is 14.2 Å². The molecule has 0 saturated heterocycles. The van der Waals surface area contributed by atoms with Gasteiger partial charge in [0.25, 0.3) is 0 Å². The molecule has 0 radical (unpaired) electrons. The number of rotatable bonds is 24. The van der Waals surface area contributed by atoms with Crippen molar-refractivity contribution in [3.63, 3.8) is 0 Å². The van der Waals surface area contributed by atoms with E-state index in [0.717, 1.165) is 0 Å². The predicted molar refractivity (Wildman–Crippen MR) is 98.4 cm³/mol. The Morgan fingerprint density at radius 1 is 0.259 bits per heavy atom. The molecular weight excluding hydrogens is 360 g/mol. The Labute approximate surface area is 163 Å². The second-order valence-corrected chi connectivity index (χ2v) is 5.10. The van der Waals surface area contributed by atoms with E-state index in [9.17, 15) is 0 Å². The fourth-order valence-corrected chi connectivity index (χ4v) is 1.66. The Kier molecular flexibility index (Phi) is 24.8. The molecule has 0 aromatic carbocycles. The average molecular weight is 396 g/mol. The van der Waals surface area contributed by atoms with Crippen molar-refractivity contribution in [2.75, 3.05) is 106 Å². The summed E-state index contributed by atoms with van der Waals surface area (Å²) in [5.41, 5.74) is 0. The van der Waals surface area contributed by atoms with Gasteiger partial charge in [0.1, 0.15) is 13.2 Å². The van der Waals surface area contributed by atoms with Crippen LogP contribution in [-0.2, 0) is 42.6 Å². The van der Waals surface area contributed by atoms with Gasteiger partial charge in [-0.15, -0.1) is 0 Å². The first-order valence-corrected chi connectivity index (χ1v) is 9.20. The van der Waals surface area contributed by atoms with Crippen LogP contribution in [-0.4, -0.2) is 106 Å². The first-order chi connectivity index (χ1) is 13.4. The molecule has 0 atom stereocenters. The van der Waals surface area contributed by atoms with Crippen molar-refractivity contribution in [3.8, 4) is 0 Å². The zero-order valence-corrected chi connectivity index (χ0v) is 16.4. The summed E-state index contributed by atoms with van der Waals surface area (Å²) in [6.07, 6.45) is 0. The smallest absolute Gasteiger partial charge is 0.213 e. The summed E-state index contributed by atoms with van der Waals surface area (Å²) in [7, 11) is 6.51. The lowest BCUT2D eigenvalue weighted by atomic mass is 10.6. The van der Waals surface area contributed by atoms with E-state index in [2.05, 4.69) is 23.7 Å². The summed E-state index contributed by atoms with van der Waals surface area (Å²) < 4.78 is 46.5. The highest BCUT2D eigenvalue weighted by molar-refractivity contribution is 4.37. The second-order valence-electron chi connectivity index (χ2n) is 5.10. The maximum Gasteiger partial charge on any atom is 0.213 e. The maximum atomic E-state index is 5.39. The van der Waals surface area contributed by atoms with Gasteiger partial charge in [-0.05, 0) is 0 Å². The fourth-order valence-electron chi connectivity index (χ4n) is 1.66. The van der Waals surface area contributed by atoms with E-state index < -0.39 is 0 Å². The first kappa shape index (κ1) is 26.4. The first-order valence-electron chi connectivity index (χ1n) is 9.20. The largest absolute Gasteiger partial charge is 0.377 e. The highest BCUT2D eigenvalue weighted by Crippen LogP contribution is 1.85. The monoisotopic (exact) mass is 396 g/mol. The Morgan fingerprint density at radius 3 is 0.556 bits per heavy atom. The lowest BCUT2D eigenvalue weighted by Crippen LogP contribution is -2.15. The van der Waals surface area contributed by atoms with Gasteiger partial charge >= 0.3 is 0 Å². The van der Waals surface area contributed by atoms with Gasteiger partial charge in [0.15, 0.2) is 0 Å². The van der Waals surface area contributed by atoms with Crippen molar-refractivity contribution < 1.29 is 42.6 Å². The maximum absolute atomic E-state index is 5.39. The number of hydrogen-bond donors (Lipinski definition) is 0. The minimum Gasteiger partial charge on any atom is -0.377 e. The van der Waals surface area contributed by atoms with Crippen molar-refractivity contribution in [2.45, 2.75) is 0 Å². The zero-order valence-electron chi connectivity index (χ0n) is 16.4. The molecule has 0 amide bonds. The van der Waals surface area contributed by atoms with E-state index in [-0.39, 0.29) is 0 Å². The van der Waals surface area contributed by atoms with Crippen LogP contribution in [0.1, 0.15) is 0 Å². The standard InChI is InChI=1S/C18H36O9/c1-19-3-5-21-7-9-23-11-13-25-15-17-27-18-16-26-14-12-24-10-8-22-6-4-20-2/h1-18H2/q+2. The van der Waals surface area contributed by atoms with E-state index in [1.807, 2.05) is 0 Å². The molecule has 0 aliphatic heterocycles. The molecule has 0 heterocycles. The van der Waals surface area contributed by atoms with Crippen molar-refractivity contribution in [3.05, 3.63) is 14.2 Å². The molecule has 0 N–H and O–H groups in total. The summed E-state index contributed by atoms with van der Waals surface area (Å²) in [6, 6.07) is 0. The van der Waals surface area contributed by atoms with Crippen LogP contribution in [0.4, 0.5) is 0 Å². The van der Waals surface area contributed by atoms with Crippen LogP contribution in [0.2, 0.25) is 0 Å². The van der Waals surface area contributed by atoms with Crippen molar-refractivity contribution >= 4 is 0 Å². The summed E-state index contributed by atoms with van der Waals surface area (Å²) in [4.78, 5) is 0. The van der Waals surface area contributed by atoms with Crippen molar-refractivity contribution in [2.24, 2.45) is 0 Å². The molecule has 0 aliphatic carbocycles. The average Bonchev–Trinajstić information content (AvgIpc) is 2.68. The molecule has 0 unspecified atom stereocenters. The molecule has 0 bridgehead atoms. The van der Waals surface area contributed by atoms with Crippen molar-refractivity contribution in [1.82, 2.24) is 0 Å². The lowest BCUT2D eigenvalue weighted by molar-refractivity contribution is -0.0227. The second kappa shape index (κ2) is 25.4. The third kappa shape index (κ3) is 25.4. The number of hydrogen-bond acceptors (Lipinski definition) is 9. The summed E-state index contributed by atoms with van der Waals surface area (Å²) >= 11 is 0. The Morgan fingerprint density at radius 2 is 0.407 bits per heavy atom. The van der Waals surface area contributed by atoms with Crippen molar-refractivity contribution in [1.29, 1.82) is 0 Å². The van der Waals surface area contributed by atoms with Gasteiger partial charge < -0.3 is 33.2 Å². The normalized spacial score (nSPS) is 11.3. The minimum absolute atomic E-state index is 0.492. The van der Waals surface area contributed by atoms with Crippen LogP contribution in [0.25, 0.3) is 0 Å². The molecule has 0 aromatic rings. The molecule has 0 rings (SSSR count). The Balaban J connectivity index is 2.95. The van der Waals surface area contributed by atoms with Crippen LogP contribution in [0.15, 0.2) is 0 Å². The Bertz CT molecular complexity index is 233. The predicted octanol–water partition coefficient (Wildman–Crippen LogP) is 0.719. The number of ether oxygens (including phenoxy) is 9. The fraction of sp³-hybridized carbons (Fsp3) is 0.889. The SMILES string of the molecule is [CH2+]OCCOCCOCCOCCOCCOCCOCCOCCO[CH2+].